The maximum atomic E-state index is 12.1. The van der Waals surface area contributed by atoms with Crippen LogP contribution in [0.1, 0.15) is 23.7 Å². The highest BCUT2D eigenvalue weighted by Gasteiger charge is 2.13. The van der Waals surface area contributed by atoms with Gasteiger partial charge >= 0.3 is 0 Å². The molecule has 0 heterocycles. The predicted octanol–water partition coefficient (Wildman–Crippen LogP) is 2.96. The van der Waals surface area contributed by atoms with E-state index in [1.165, 1.54) is 6.07 Å². The molecular formula is C17H16ClN5O4. The molecule has 0 aliphatic heterocycles. The lowest BCUT2D eigenvalue weighted by atomic mass is 10.1. The third kappa shape index (κ3) is 6.08. The molecule has 4 N–H and O–H groups in total. The molecule has 0 aromatic heterocycles. The van der Waals surface area contributed by atoms with Crippen LogP contribution in [0.5, 0.6) is 0 Å². The molecule has 0 aliphatic carbocycles. The van der Waals surface area contributed by atoms with Crippen LogP contribution in [-0.2, 0) is 4.79 Å². The number of amides is 2. The van der Waals surface area contributed by atoms with Crippen LogP contribution in [0.25, 0.3) is 0 Å². The number of non-ortho nitro benzene ring substituents is 1. The highest BCUT2D eigenvalue weighted by Crippen LogP contribution is 2.18. The van der Waals surface area contributed by atoms with E-state index in [1.807, 2.05) is 0 Å². The van der Waals surface area contributed by atoms with E-state index in [0.717, 1.165) is 12.1 Å². The van der Waals surface area contributed by atoms with Crippen LogP contribution in [-0.4, -0.2) is 22.4 Å². The van der Waals surface area contributed by atoms with Gasteiger partial charge in [-0.2, -0.15) is 5.10 Å². The van der Waals surface area contributed by atoms with Gasteiger partial charge in [0.15, 0.2) is 0 Å². The second-order valence-corrected chi connectivity index (χ2v) is 6.03. The van der Waals surface area contributed by atoms with Crippen molar-refractivity contribution in [1.82, 2.24) is 5.43 Å². The highest BCUT2D eigenvalue weighted by molar-refractivity contribution is 6.30. The molecule has 0 atom stereocenters. The van der Waals surface area contributed by atoms with E-state index < -0.39 is 10.8 Å². The minimum Gasteiger partial charge on any atom is -0.399 e. The fourth-order valence-corrected chi connectivity index (χ4v) is 2.22. The molecule has 9 nitrogen and oxygen atoms in total. The van der Waals surface area contributed by atoms with Crippen molar-refractivity contribution in [2.45, 2.75) is 13.3 Å². The van der Waals surface area contributed by atoms with Crippen LogP contribution in [0.15, 0.2) is 47.6 Å². The quantitative estimate of drug-likeness (QED) is 0.301. The fourth-order valence-electron chi connectivity index (χ4n) is 2.09. The van der Waals surface area contributed by atoms with Crippen LogP contribution in [0.3, 0.4) is 0 Å². The number of nitrogen functional groups attached to an aromatic ring is 1. The summed E-state index contributed by atoms with van der Waals surface area (Å²) in [7, 11) is 0. The van der Waals surface area contributed by atoms with Crippen molar-refractivity contribution in [2.24, 2.45) is 5.10 Å². The fraction of sp³-hybridized carbons (Fsp3) is 0.118. The van der Waals surface area contributed by atoms with Crippen LogP contribution in [0.4, 0.5) is 17.1 Å². The van der Waals surface area contributed by atoms with Gasteiger partial charge in [0.1, 0.15) is 0 Å². The molecule has 0 radical (unpaired) electrons. The Balaban J connectivity index is 1.96. The molecule has 0 aliphatic rings. The lowest BCUT2D eigenvalue weighted by molar-refractivity contribution is -0.384. The molecule has 2 aromatic carbocycles. The Kier molecular flexibility index (Phi) is 6.45. The number of nitro benzene ring substituents is 1. The Morgan fingerprint density at radius 1 is 1.22 bits per heavy atom. The van der Waals surface area contributed by atoms with Gasteiger partial charge in [-0.3, -0.25) is 19.7 Å². The number of rotatable bonds is 6. The minimum absolute atomic E-state index is 0.0103. The molecule has 2 rings (SSSR count). The van der Waals surface area contributed by atoms with Gasteiger partial charge in [-0.1, -0.05) is 11.6 Å². The topological polar surface area (TPSA) is 140 Å². The second-order valence-electron chi connectivity index (χ2n) is 5.59. The molecule has 0 bridgehead atoms. The van der Waals surface area contributed by atoms with Crippen molar-refractivity contribution in [2.75, 3.05) is 11.1 Å². The average molecular weight is 390 g/mol. The summed E-state index contributed by atoms with van der Waals surface area (Å²) in [6.45, 7) is 1.56. The zero-order valence-electron chi connectivity index (χ0n) is 14.2. The Hall–Kier alpha value is -3.46. The Morgan fingerprint density at radius 3 is 2.52 bits per heavy atom. The van der Waals surface area contributed by atoms with E-state index in [-0.39, 0.29) is 29.3 Å². The number of carbonyl (C=O) groups is 2. The number of nitrogens with two attached hydrogens (primary N) is 1. The third-order valence-electron chi connectivity index (χ3n) is 3.31. The lowest BCUT2D eigenvalue weighted by Crippen LogP contribution is -2.21. The van der Waals surface area contributed by atoms with E-state index in [0.29, 0.717) is 16.4 Å². The predicted molar refractivity (Wildman–Crippen MR) is 103 cm³/mol. The first-order valence-electron chi connectivity index (χ1n) is 7.68. The van der Waals surface area contributed by atoms with E-state index in [2.05, 4.69) is 15.8 Å². The number of hydrogen-bond donors (Lipinski definition) is 3. The van der Waals surface area contributed by atoms with Gasteiger partial charge in [0.2, 0.25) is 5.91 Å². The van der Waals surface area contributed by atoms with E-state index >= 15 is 0 Å². The summed E-state index contributed by atoms with van der Waals surface area (Å²) in [6, 6.07) is 10.1. The summed E-state index contributed by atoms with van der Waals surface area (Å²) in [5.41, 5.74) is 8.49. The van der Waals surface area contributed by atoms with Gasteiger partial charge in [-0.15, -0.1) is 0 Å². The first-order valence-corrected chi connectivity index (χ1v) is 8.06. The van der Waals surface area contributed by atoms with Crippen molar-refractivity contribution in [3.05, 3.63) is 63.2 Å². The van der Waals surface area contributed by atoms with Gasteiger partial charge in [-0.05, 0) is 37.3 Å². The van der Waals surface area contributed by atoms with Gasteiger partial charge in [-0.25, -0.2) is 5.43 Å². The molecule has 140 valence electrons. The maximum absolute atomic E-state index is 12.1. The Labute approximate surface area is 159 Å². The maximum Gasteiger partial charge on any atom is 0.272 e. The summed E-state index contributed by atoms with van der Waals surface area (Å²) in [4.78, 5) is 34.2. The van der Waals surface area contributed by atoms with Crippen molar-refractivity contribution in [3.8, 4) is 0 Å². The van der Waals surface area contributed by atoms with Crippen molar-refractivity contribution in [3.63, 3.8) is 0 Å². The highest BCUT2D eigenvalue weighted by atomic mass is 35.5. The number of carbonyl (C=O) groups excluding carboxylic acids is 2. The number of nitrogens with zero attached hydrogens (tertiary/aromatic N) is 2. The van der Waals surface area contributed by atoms with Crippen molar-refractivity contribution >= 4 is 46.2 Å². The summed E-state index contributed by atoms with van der Waals surface area (Å²) >= 11 is 5.77. The lowest BCUT2D eigenvalue weighted by Gasteiger charge is -2.06. The molecule has 0 unspecified atom stereocenters. The van der Waals surface area contributed by atoms with Gasteiger partial charge in [0, 0.05) is 34.2 Å². The molecule has 2 amide bonds. The van der Waals surface area contributed by atoms with Gasteiger partial charge in [0.05, 0.1) is 16.9 Å². The largest absolute Gasteiger partial charge is 0.399 e. The van der Waals surface area contributed by atoms with Crippen molar-refractivity contribution in [1.29, 1.82) is 0 Å². The summed E-state index contributed by atoms with van der Waals surface area (Å²) in [5.74, 6) is -1.00. The summed E-state index contributed by atoms with van der Waals surface area (Å²) in [6.07, 6.45) is -0.0556. The smallest absolute Gasteiger partial charge is 0.272 e. The first-order chi connectivity index (χ1) is 12.7. The van der Waals surface area contributed by atoms with Gasteiger partial charge < -0.3 is 11.1 Å². The number of hydrogen-bond acceptors (Lipinski definition) is 6. The van der Waals surface area contributed by atoms with Crippen LogP contribution < -0.4 is 16.5 Å². The second kappa shape index (κ2) is 8.77. The number of hydrazone groups is 1. The zero-order chi connectivity index (χ0) is 20.0. The third-order valence-corrected chi connectivity index (χ3v) is 3.56. The summed E-state index contributed by atoms with van der Waals surface area (Å²) in [5, 5.41) is 17.9. The van der Waals surface area contributed by atoms with Gasteiger partial charge in [0.25, 0.3) is 11.6 Å². The number of anilines is 2. The molecule has 27 heavy (non-hydrogen) atoms. The monoisotopic (exact) mass is 389 g/mol. The van der Waals surface area contributed by atoms with Crippen molar-refractivity contribution < 1.29 is 14.5 Å². The molecular weight excluding hydrogens is 374 g/mol. The first kappa shape index (κ1) is 19.9. The summed E-state index contributed by atoms with van der Waals surface area (Å²) < 4.78 is 0. The Morgan fingerprint density at radius 2 is 1.89 bits per heavy atom. The number of halogens is 1. The number of nitrogens with one attached hydrogen (secondary N) is 2. The van der Waals surface area contributed by atoms with Crippen LogP contribution in [0, 0.1) is 10.1 Å². The molecule has 2 aromatic rings. The standard InChI is InChI=1S/C17H16ClN5O4/c1-10(6-16(24)20-14-4-2-12(18)3-5-14)21-22-17(25)11-7-13(19)9-15(8-11)23(26)27/h2-5,7-9H,6,19H2,1H3,(H,20,24)(H,22,25)/b21-10-. The van der Waals surface area contributed by atoms with E-state index in [4.69, 9.17) is 17.3 Å². The van der Waals surface area contributed by atoms with Crippen LogP contribution >= 0.6 is 11.6 Å². The van der Waals surface area contributed by atoms with E-state index in [1.54, 1.807) is 31.2 Å². The SMILES string of the molecule is C/C(CC(=O)Nc1ccc(Cl)cc1)=N/NC(=O)c1cc(N)cc([N+](=O)[O-])c1. The number of benzene rings is 2. The molecule has 10 heteroatoms. The molecule has 0 spiro atoms. The number of nitro groups is 1. The zero-order valence-corrected chi connectivity index (χ0v) is 15.0. The van der Waals surface area contributed by atoms with E-state index in [9.17, 15) is 19.7 Å². The minimum atomic E-state index is -0.678. The Bertz CT molecular complexity index is 912. The average Bonchev–Trinajstić information content (AvgIpc) is 2.61. The molecule has 0 saturated heterocycles. The molecule has 0 saturated carbocycles. The molecule has 0 fully saturated rings. The van der Waals surface area contributed by atoms with Crippen LogP contribution in [0.2, 0.25) is 5.02 Å². The normalized spacial score (nSPS) is 11.0.